The predicted octanol–water partition coefficient (Wildman–Crippen LogP) is 9.87. The van der Waals surface area contributed by atoms with E-state index in [1.807, 2.05) is 0 Å². The topological polar surface area (TPSA) is 127 Å². The smallest absolute Gasteiger partial charge is 0.167 e. The number of rotatable bonds is 18. The number of hydrogen-bond acceptors (Lipinski definition) is 9. The molecule has 2 unspecified atom stereocenters. The minimum atomic E-state index is -0.0426. The Labute approximate surface area is 272 Å². The van der Waals surface area contributed by atoms with Crippen molar-refractivity contribution in [3.63, 3.8) is 0 Å². The highest BCUT2D eigenvalue weighted by Crippen LogP contribution is 2.36. The van der Waals surface area contributed by atoms with Crippen LogP contribution in [-0.4, -0.2) is 38.4 Å². The van der Waals surface area contributed by atoms with Crippen molar-refractivity contribution in [2.75, 3.05) is 13.2 Å². The summed E-state index contributed by atoms with van der Waals surface area (Å²) in [7, 11) is 0. The Morgan fingerprint density at radius 2 is 1.20 bits per heavy atom. The molecule has 0 saturated heterocycles. The molecular weight excluding hydrogens is 580 g/mol. The molecule has 1 heterocycles. The molecule has 9 heteroatoms. The van der Waals surface area contributed by atoms with Crippen LogP contribution in [0, 0.1) is 16.7 Å². The van der Waals surface area contributed by atoms with Gasteiger partial charge in [0.2, 0.25) is 0 Å². The molecule has 4 rings (SSSR count). The second-order valence-corrected chi connectivity index (χ2v) is 11.8. The van der Waals surface area contributed by atoms with Gasteiger partial charge in [-0.15, -0.1) is 4.91 Å². The van der Waals surface area contributed by atoms with Crippen LogP contribution in [-0.2, 0) is 0 Å². The maximum Gasteiger partial charge on any atom is 0.167 e. The highest BCUT2D eigenvalue weighted by Gasteiger charge is 2.19. The largest absolute Gasteiger partial charge is 0.508 e. The monoisotopic (exact) mass is 626 g/mol. The Morgan fingerprint density at radius 1 is 0.674 bits per heavy atom. The van der Waals surface area contributed by atoms with E-state index >= 15 is 0 Å². The van der Waals surface area contributed by atoms with Crippen LogP contribution in [0.15, 0.2) is 65.8 Å². The van der Waals surface area contributed by atoms with Gasteiger partial charge in [-0.3, -0.25) is 0 Å². The molecule has 244 valence electrons. The van der Waals surface area contributed by atoms with Crippen molar-refractivity contribution in [2.45, 2.75) is 79.1 Å². The van der Waals surface area contributed by atoms with Crippen LogP contribution in [0.5, 0.6) is 23.0 Å². The van der Waals surface area contributed by atoms with E-state index in [2.05, 4.69) is 47.8 Å². The van der Waals surface area contributed by atoms with Gasteiger partial charge in [-0.2, -0.15) is 0 Å². The SMILES string of the molecule is CCCCC(CC)COc1ccc(-c2nc(-c3ccc(O)cc3)nc(-c3ccc(OCC(CC)CCCC)cc3N=O)n2)c(O)c1. The first-order valence-electron chi connectivity index (χ1n) is 16.5. The zero-order valence-corrected chi connectivity index (χ0v) is 27.4. The zero-order chi connectivity index (χ0) is 32.9. The average molecular weight is 627 g/mol. The molecule has 9 nitrogen and oxygen atoms in total. The molecule has 0 amide bonds. The number of unbranched alkanes of at least 4 members (excludes halogenated alkanes) is 2. The lowest BCUT2D eigenvalue weighted by Gasteiger charge is -2.16. The third-order valence-corrected chi connectivity index (χ3v) is 8.34. The first-order chi connectivity index (χ1) is 22.4. The van der Waals surface area contributed by atoms with E-state index in [1.165, 1.54) is 0 Å². The number of aromatic hydroxyl groups is 2. The molecule has 46 heavy (non-hydrogen) atoms. The van der Waals surface area contributed by atoms with Gasteiger partial charge in [-0.05, 0) is 78.4 Å². The number of hydrogen-bond donors (Lipinski definition) is 2. The van der Waals surface area contributed by atoms with Crippen LogP contribution in [0.2, 0.25) is 0 Å². The number of benzene rings is 3. The van der Waals surface area contributed by atoms with Crippen LogP contribution in [0.25, 0.3) is 34.2 Å². The van der Waals surface area contributed by atoms with Crippen LogP contribution < -0.4 is 9.47 Å². The molecule has 0 fully saturated rings. The molecule has 0 aliphatic carbocycles. The van der Waals surface area contributed by atoms with Crippen molar-refractivity contribution in [2.24, 2.45) is 17.0 Å². The minimum absolute atomic E-state index is 0.0426. The summed E-state index contributed by atoms with van der Waals surface area (Å²) < 4.78 is 12.1. The van der Waals surface area contributed by atoms with E-state index in [9.17, 15) is 15.1 Å². The standard InChI is InChI=1S/C37H46N4O5/c1-5-9-11-25(7-3)23-45-29-17-19-31(33(21-29)41-44)36-38-35(27-13-15-28(42)16-14-27)39-37(40-36)32-20-18-30(22-34(32)43)46-24-26(8-4)12-10-6-2/h13-22,25-26,42-43H,5-12,23-24H2,1-4H3. The maximum atomic E-state index is 12.1. The number of ether oxygens (including phenoxy) is 2. The maximum absolute atomic E-state index is 12.1. The summed E-state index contributed by atoms with van der Waals surface area (Å²) in [5.74, 6) is 2.79. The van der Waals surface area contributed by atoms with E-state index in [4.69, 9.17) is 9.47 Å². The van der Waals surface area contributed by atoms with Crippen molar-refractivity contribution < 1.29 is 19.7 Å². The normalized spacial score (nSPS) is 12.4. The van der Waals surface area contributed by atoms with Gasteiger partial charge < -0.3 is 19.7 Å². The number of phenols is 2. The number of nitrogens with zero attached hydrogens (tertiary/aromatic N) is 4. The first-order valence-corrected chi connectivity index (χ1v) is 16.5. The molecule has 2 atom stereocenters. The molecule has 0 aliphatic rings. The molecule has 4 aromatic rings. The molecule has 2 N–H and O–H groups in total. The van der Waals surface area contributed by atoms with Crippen molar-refractivity contribution in [1.82, 2.24) is 15.0 Å². The summed E-state index contributed by atoms with van der Waals surface area (Å²) in [6.07, 6.45) is 8.83. The van der Waals surface area contributed by atoms with Gasteiger partial charge >= 0.3 is 0 Å². The minimum Gasteiger partial charge on any atom is -0.508 e. The Balaban J connectivity index is 1.67. The molecule has 3 aromatic carbocycles. The van der Waals surface area contributed by atoms with Gasteiger partial charge in [0.1, 0.15) is 28.7 Å². The van der Waals surface area contributed by atoms with Crippen LogP contribution in [0.3, 0.4) is 0 Å². The summed E-state index contributed by atoms with van der Waals surface area (Å²) in [5.41, 5.74) is 1.54. The van der Waals surface area contributed by atoms with Gasteiger partial charge in [0.25, 0.3) is 0 Å². The van der Waals surface area contributed by atoms with Crippen molar-refractivity contribution >= 4 is 5.69 Å². The van der Waals surface area contributed by atoms with E-state index in [1.54, 1.807) is 60.7 Å². The molecule has 0 radical (unpaired) electrons. The third kappa shape index (κ3) is 9.25. The van der Waals surface area contributed by atoms with Crippen LogP contribution in [0.4, 0.5) is 5.69 Å². The summed E-state index contributed by atoms with van der Waals surface area (Å²) in [5, 5.41) is 24.2. The Kier molecular flexibility index (Phi) is 12.9. The summed E-state index contributed by atoms with van der Waals surface area (Å²) in [6.45, 7) is 9.82. The lowest BCUT2D eigenvalue weighted by atomic mass is 10.0. The highest BCUT2D eigenvalue weighted by molar-refractivity contribution is 5.76. The molecule has 0 spiro atoms. The van der Waals surface area contributed by atoms with Gasteiger partial charge in [-0.25, -0.2) is 15.0 Å². The number of aromatic nitrogens is 3. The Hall–Kier alpha value is -4.53. The highest BCUT2D eigenvalue weighted by atomic mass is 16.5. The van der Waals surface area contributed by atoms with Gasteiger partial charge in [-0.1, -0.05) is 66.2 Å². The Bertz CT molecular complexity index is 1560. The van der Waals surface area contributed by atoms with Crippen molar-refractivity contribution in [3.8, 4) is 57.2 Å². The fraction of sp³-hybridized carbons (Fsp3) is 0.432. The number of phenolic OH excluding ortho intramolecular Hbond substituents is 2. The van der Waals surface area contributed by atoms with Crippen LogP contribution >= 0.6 is 0 Å². The van der Waals surface area contributed by atoms with Crippen LogP contribution in [0.1, 0.15) is 79.1 Å². The second kappa shape index (κ2) is 17.2. The summed E-state index contributed by atoms with van der Waals surface area (Å²) >= 11 is 0. The molecule has 0 saturated carbocycles. The fourth-order valence-corrected chi connectivity index (χ4v) is 5.24. The van der Waals surface area contributed by atoms with Crippen molar-refractivity contribution in [3.05, 3.63) is 65.6 Å². The van der Waals surface area contributed by atoms with E-state index < -0.39 is 0 Å². The molecular formula is C37H46N4O5. The van der Waals surface area contributed by atoms with E-state index in [-0.39, 0.29) is 28.8 Å². The third-order valence-electron chi connectivity index (χ3n) is 8.34. The quantitative estimate of drug-likeness (QED) is 0.104. The van der Waals surface area contributed by atoms with Gasteiger partial charge in [0, 0.05) is 23.3 Å². The number of nitroso groups, excluding NO2 is 1. The lowest BCUT2D eigenvalue weighted by molar-refractivity contribution is 0.232. The first kappa shape index (κ1) is 34.3. The average Bonchev–Trinajstić information content (AvgIpc) is 3.08. The summed E-state index contributed by atoms with van der Waals surface area (Å²) in [6, 6.07) is 16.7. The van der Waals surface area contributed by atoms with Gasteiger partial charge in [0.05, 0.1) is 18.8 Å². The zero-order valence-electron chi connectivity index (χ0n) is 27.4. The van der Waals surface area contributed by atoms with E-state index in [0.717, 1.165) is 51.4 Å². The van der Waals surface area contributed by atoms with E-state index in [0.29, 0.717) is 59.1 Å². The second-order valence-electron chi connectivity index (χ2n) is 11.8. The van der Waals surface area contributed by atoms with Gasteiger partial charge in [0.15, 0.2) is 17.5 Å². The molecule has 0 bridgehead atoms. The lowest BCUT2D eigenvalue weighted by Crippen LogP contribution is -2.11. The molecule has 0 aliphatic heterocycles. The molecule has 1 aromatic heterocycles. The Morgan fingerprint density at radius 3 is 1.72 bits per heavy atom. The predicted molar refractivity (Wildman–Crippen MR) is 183 cm³/mol. The van der Waals surface area contributed by atoms with Crippen molar-refractivity contribution in [1.29, 1.82) is 0 Å². The summed E-state index contributed by atoms with van der Waals surface area (Å²) in [4.78, 5) is 26.1. The fourth-order valence-electron chi connectivity index (χ4n) is 5.24.